The summed E-state index contributed by atoms with van der Waals surface area (Å²) in [6.45, 7) is 4.92. The minimum absolute atomic E-state index is 0.00636. The van der Waals surface area contributed by atoms with Gasteiger partial charge >= 0.3 is 5.97 Å². The molecule has 0 bridgehead atoms. The number of piperazine rings is 1. The second kappa shape index (κ2) is 6.55. The molecule has 2 heterocycles. The molecule has 1 aliphatic carbocycles. The fraction of sp³-hybridized carbons (Fsp3) is 0.500. The van der Waals surface area contributed by atoms with Crippen LogP contribution in [0.4, 0.5) is 14.5 Å². The smallest absolute Gasteiger partial charge is 0.341 e. The fourth-order valence-electron chi connectivity index (χ4n) is 4.10. The van der Waals surface area contributed by atoms with E-state index in [1.807, 2.05) is 20.9 Å². The van der Waals surface area contributed by atoms with Crippen LogP contribution in [0, 0.1) is 11.6 Å². The van der Waals surface area contributed by atoms with Gasteiger partial charge in [0.1, 0.15) is 17.1 Å². The van der Waals surface area contributed by atoms with Crippen molar-refractivity contribution in [3.05, 3.63) is 39.7 Å². The predicted molar refractivity (Wildman–Crippen MR) is 102 cm³/mol. The minimum Gasteiger partial charge on any atom is -0.477 e. The number of hydrogen-bond donors (Lipinski definition) is 1. The van der Waals surface area contributed by atoms with E-state index in [-0.39, 0.29) is 34.7 Å². The van der Waals surface area contributed by atoms with Gasteiger partial charge in [-0.05, 0) is 39.8 Å². The van der Waals surface area contributed by atoms with Gasteiger partial charge in [-0.25, -0.2) is 13.6 Å². The molecule has 0 radical (unpaired) electrons. The van der Waals surface area contributed by atoms with Crippen molar-refractivity contribution in [2.75, 3.05) is 25.0 Å². The largest absolute Gasteiger partial charge is 0.477 e. The van der Waals surface area contributed by atoms with E-state index in [4.69, 9.17) is 0 Å². The summed E-state index contributed by atoms with van der Waals surface area (Å²) < 4.78 is 32.1. The van der Waals surface area contributed by atoms with E-state index in [2.05, 4.69) is 4.90 Å². The van der Waals surface area contributed by atoms with E-state index in [1.54, 1.807) is 4.90 Å². The Kier molecular flexibility index (Phi) is 4.41. The van der Waals surface area contributed by atoms with Crippen molar-refractivity contribution < 1.29 is 18.7 Å². The first-order valence-electron chi connectivity index (χ1n) is 9.47. The average molecular weight is 391 g/mol. The highest BCUT2D eigenvalue weighted by Crippen LogP contribution is 2.40. The van der Waals surface area contributed by atoms with Crippen molar-refractivity contribution in [2.45, 2.75) is 44.8 Å². The molecule has 0 amide bonds. The Labute approximate surface area is 161 Å². The summed E-state index contributed by atoms with van der Waals surface area (Å²) in [6.07, 6.45) is 2.74. The molecule has 2 unspecified atom stereocenters. The molecule has 1 aromatic heterocycles. The van der Waals surface area contributed by atoms with E-state index in [9.17, 15) is 19.1 Å². The van der Waals surface area contributed by atoms with Crippen molar-refractivity contribution in [1.29, 1.82) is 0 Å². The van der Waals surface area contributed by atoms with Crippen LogP contribution in [0.3, 0.4) is 0 Å². The summed E-state index contributed by atoms with van der Waals surface area (Å²) >= 11 is 0. The minimum atomic E-state index is -1.40. The first kappa shape index (κ1) is 18.9. The van der Waals surface area contributed by atoms with E-state index in [0.717, 1.165) is 18.9 Å². The Balaban J connectivity index is 1.95. The van der Waals surface area contributed by atoms with Gasteiger partial charge in [-0.2, -0.15) is 0 Å². The van der Waals surface area contributed by atoms with Crippen molar-refractivity contribution in [1.82, 2.24) is 9.47 Å². The summed E-state index contributed by atoms with van der Waals surface area (Å²) in [5, 5.41) is 9.10. The number of carboxylic acids is 1. The molecule has 1 aromatic carbocycles. The molecule has 1 saturated carbocycles. The highest BCUT2D eigenvalue weighted by Gasteiger charge is 2.33. The summed E-state index contributed by atoms with van der Waals surface area (Å²) in [6, 6.07) is 1.14. The number of aromatic nitrogens is 1. The van der Waals surface area contributed by atoms with Gasteiger partial charge in [0.15, 0.2) is 5.82 Å². The number of fused-ring (bicyclic) bond motifs is 1. The Bertz CT molecular complexity index is 1020. The first-order valence-corrected chi connectivity index (χ1v) is 9.47. The molecule has 2 fully saturated rings. The molecule has 1 N–H and O–H groups in total. The van der Waals surface area contributed by atoms with Crippen molar-refractivity contribution >= 4 is 22.6 Å². The van der Waals surface area contributed by atoms with Crippen LogP contribution in [0.15, 0.2) is 17.1 Å². The molecule has 6 nitrogen and oxygen atoms in total. The Morgan fingerprint density at radius 2 is 1.79 bits per heavy atom. The van der Waals surface area contributed by atoms with Crippen LogP contribution in [0.1, 0.15) is 43.1 Å². The summed E-state index contributed by atoms with van der Waals surface area (Å²) in [4.78, 5) is 27.8. The van der Waals surface area contributed by atoms with Crippen LogP contribution in [0.2, 0.25) is 0 Å². The number of carbonyl (C=O) groups is 1. The molecular weight excluding hydrogens is 368 g/mol. The van der Waals surface area contributed by atoms with Crippen molar-refractivity contribution in [2.24, 2.45) is 0 Å². The normalized spacial score (nSPS) is 23.4. The molecule has 1 aliphatic heterocycles. The molecule has 2 atom stereocenters. The number of benzene rings is 1. The zero-order valence-corrected chi connectivity index (χ0v) is 16.1. The van der Waals surface area contributed by atoms with Gasteiger partial charge < -0.3 is 14.6 Å². The number of rotatable bonds is 3. The van der Waals surface area contributed by atoms with Crippen molar-refractivity contribution in [3.8, 4) is 0 Å². The second-order valence-electron chi connectivity index (χ2n) is 8.00. The third-order valence-corrected chi connectivity index (χ3v) is 6.03. The maximum absolute atomic E-state index is 15.6. The molecule has 2 aromatic rings. The molecule has 0 spiro atoms. The van der Waals surface area contributed by atoms with E-state index in [0.29, 0.717) is 13.1 Å². The number of nitrogens with zero attached hydrogens (tertiary/aromatic N) is 3. The van der Waals surface area contributed by atoms with E-state index >= 15 is 4.39 Å². The number of anilines is 1. The second-order valence-corrected chi connectivity index (χ2v) is 8.00. The Morgan fingerprint density at radius 3 is 2.32 bits per heavy atom. The molecule has 4 rings (SSSR count). The first-order chi connectivity index (χ1) is 13.2. The summed E-state index contributed by atoms with van der Waals surface area (Å²) in [5.41, 5.74) is -1.47. The fourth-order valence-corrected chi connectivity index (χ4v) is 4.10. The van der Waals surface area contributed by atoms with Gasteiger partial charge in [0, 0.05) is 37.4 Å². The maximum atomic E-state index is 15.6. The number of halogens is 2. The van der Waals surface area contributed by atoms with Crippen LogP contribution in [-0.2, 0) is 0 Å². The quantitative estimate of drug-likeness (QED) is 0.872. The van der Waals surface area contributed by atoms with Gasteiger partial charge in [0.25, 0.3) is 0 Å². The number of likely N-dealkylation sites (N-methyl/N-ethyl adjacent to an activating group) is 1. The molecular formula is C20H23F2N3O3. The summed E-state index contributed by atoms with van der Waals surface area (Å²) in [7, 11) is 1.98. The van der Waals surface area contributed by atoms with Gasteiger partial charge in [0.2, 0.25) is 5.43 Å². The standard InChI is InChI=1S/C20H23F2N3O3/c1-10-7-24(8-11(2)23(10)3)18-15(21)6-13-17(16(18)22)25(12-4-5-12)9-14(19(13)26)20(27)28/h6,9-12H,4-5,7-8H2,1-3H3,(H,27,28). The van der Waals surface area contributed by atoms with Gasteiger partial charge in [0.05, 0.1) is 10.9 Å². The lowest BCUT2D eigenvalue weighted by atomic mass is 10.1. The summed E-state index contributed by atoms with van der Waals surface area (Å²) in [5.74, 6) is -3.02. The Morgan fingerprint density at radius 1 is 1.18 bits per heavy atom. The molecule has 2 aliphatic rings. The predicted octanol–water partition coefficient (Wildman–Crippen LogP) is 2.84. The monoisotopic (exact) mass is 391 g/mol. The lowest BCUT2D eigenvalue weighted by Gasteiger charge is -2.43. The molecule has 1 saturated heterocycles. The highest BCUT2D eigenvalue weighted by molar-refractivity contribution is 5.94. The van der Waals surface area contributed by atoms with Crippen LogP contribution in [0.5, 0.6) is 0 Å². The van der Waals surface area contributed by atoms with Crippen LogP contribution >= 0.6 is 0 Å². The SMILES string of the molecule is CC1CN(c2c(F)cc3c(=O)c(C(=O)O)cn(C4CC4)c3c2F)CC(C)N1C. The van der Waals surface area contributed by atoms with Gasteiger partial charge in [-0.1, -0.05) is 0 Å². The molecule has 28 heavy (non-hydrogen) atoms. The lowest BCUT2D eigenvalue weighted by molar-refractivity contribution is 0.0694. The van der Waals surface area contributed by atoms with E-state index < -0.39 is 28.6 Å². The van der Waals surface area contributed by atoms with Crippen LogP contribution in [-0.4, -0.2) is 52.8 Å². The average Bonchev–Trinajstić information content (AvgIpc) is 3.45. The molecule has 150 valence electrons. The number of carboxylic acid groups (broad SMARTS) is 1. The van der Waals surface area contributed by atoms with Crippen LogP contribution < -0.4 is 10.3 Å². The van der Waals surface area contributed by atoms with E-state index in [1.165, 1.54) is 10.8 Å². The molecule has 8 heteroatoms. The maximum Gasteiger partial charge on any atom is 0.341 e. The van der Waals surface area contributed by atoms with Gasteiger partial charge in [-0.3, -0.25) is 9.69 Å². The third kappa shape index (κ3) is 2.87. The lowest BCUT2D eigenvalue weighted by Crippen LogP contribution is -2.55. The van der Waals surface area contributed by atoms with Gasteiger partial charge in [-0.15, -0.1) is 0 Å². The zero-order valence-electron chi connectivity index (χ0n) is 16.1. The number of aromatic carboxylic acids is 1. The third-order valence-electron chi connectivity index (χ3n) is 6.03. The zero-order chi connectivity index (χ0) is 20.3. The topological polar surface area (TPSA) is 65.8 Å². The highest BCUT2D eigenvalue weighted by atomic mass is 19.1. The Hall–Kier alpha value is -2.48. The number of hydrogen-bond acceptors (Lipinski definition) is 4. The van der Waals surface area contributed by atoms with Crippen molar-refractivity contribution in [3.63, 3.8) is 0 Å². The van der Waals surface area contributed by atoms with Crippen LogP contribution in [0.25, 0.3) is 10.9 Å². The number of pyridine rings is 1.